The summed E-state index contributed by atoms with van der Waals surface area (Å²) in [6.07, 6.45) is 7.50. The largest absolute Gasteiger partial charge is 0.308 e. The van der Waals surface area contributed by atoms with E-state index in [1.165, 1.54) is 5.56 Å². The van der Waals surface area contributed by atoms with E-state index in [1.807, 2.05) is 36.8 Å². The van der Waals surface area contributed by atoms with E-state index in [-0.39, 0.29) is 6.04 Å². The highest BCUT2D eigenvalue weighted by Crippen LogP contribution is 2.26. The van der Waals surface area contributed by atoms with Gasteiger partial charge in [0, 0.05) is 27.5 Å². The van der Waals surface area contributed by atoms with Gasteiger partial charge in [-0.2, -0.15) is 0 Å². The molecule has 0 saturated carbocycles. The van der Waals surface area contributed by atoms with Gasteiger partial charge in [-0.3, -0.25) is 9.97 Å². The molecule has 0 fully saturated rings. The number of hydrogen-bond acceptors (Lipinski definition) is 3. The molecule has 1 atom stereocenters. The molecule has 0 bridgehead atoms. The van der Waals surface area contributed by atoms with Crippen LogP contribution in [0.4, 0.5) is 0 Å². The first-order valence-electron chi connectivity index (χ1n) is 6.64. The van der Waals surface area contributed by atoms with Crippen molar-refractivity contribution in [2.75, 3.05) is 6.54 Å². The molecule has 2 aromatic heterocycles. The summed E-state index contributed by atoms with van der Waals surface area (Å²) in [4.78, 5) is 8.62. The van der Waals surface area contributed by atoms with Crippen LogP contribution in [0, 0.1) is 0 Å². The van der Waals surface area contributed by atoms with Crippen LogP contribution >= 0.6 is 31.9 Å². The minimum Gasteiger partial charge on any atom is -0.308 e. The van der Waals surface area contributed by atoms with Crippen LogP contribution in [-0.2, 0) is 6.42 Å². The Bertz CT molecular complexity index is 546. The van der Waals surface area contributed by atoms with E-state index in [0.29, 0.717) is 0 Å². The Hall–Kier alpha value is -0.780. The van der Waals surface area contributed by atoms with Gasteiger partial charge in [0.05, 0.1) is 11.7 Å². The van der Waals surface area contributed by atoms with Gasteiger partial charge in [0.15, 0.2) is 0 Å². The number of hydrogen-bond donors (Lipinski definition) is 1. The van der Waals surface area contributed by atoms with Crippen LogP contribution in [0.1, 0.15) is 30.6 Å². The molecular formula is C15H17Br2N3. The van der Waals surface area contributed by atoms with Crippen LogP contribution in [-0.4, -0.2) is 16.5 Å². The molecule has 0 spiro atoms. The van der Waals surface area contributed by atoms with Crippen LogP contribution in [0.15, 0.2) is 45.7 Å². The summed E-state index contributed by atoms with van der Waals surface area (Å²) in [6.45, 7) is 3.14. The monoisotopic (exact) mass is 397 g/mol. The zero-order valence-electron chi connectivity index (χ0n) is 11.3. The molecule has 2 aromatic rings. The van der Waals surface area contributed by atoms with Crippen molar-refractivity contribution in [1.29, 1.82) is 0 Å². The lowest BCUT2D eigenvalue weighted by atomic mass is 10.0. The lowest BCUT2D eigenvalue weighted by molar-refractivity contribution is 0.515. The molecule has 0 aliphatic rings. The predicted octanol–water partition coefficient (Wildman–Crippen LogP) is 4.29. The SMILES string of the molecule is CCCNC(Cc1ccncc1)c1ncc(Br)cc1Br. The molecule has 0 radical (unpaired) electrons. The minimum atomic E-state index is 0.194. The van der Waals surface area contributed by atoms with Gasteiger partial charge in [0.2, 0.25) is 0 Å². The van der Waals surface area contributed by atoms with Crippen molar-refractivity contribution in [2.24, 2.45) is 0 Å². The molecule has 2 rings (SSSR count). The Morgan fingerprint density at radius 1 is 1.25 bits per heavy atom. The molecule has 0 saturated heterocycles. The minimum absolute atomic E-state index is 0.194. The second-order valence-electron chi connectivity index (χ2n) is 4.59. The van der Waals surface area contributed by atoms with Crippen molar-refractivity contribution in [3.8, 4) is 0 Å². The van der Waals surface area contributed by atoms with E-state index in [9.17, 15) is 0 Å². The van der Waals surface area contributed by atoms with Gasteiger partial charge in [-0.1, -0.05) is 6.92 Å². The number of nitrogens with zero attached hydrogens (tertiary/aromatic N) is 2. The summed E-state index contributed by atoms with van der Waals surface area (Å²) in [5.74, 6) is 0. The lowest BCUT2D eigenvalue weighted by Gasteiger charge is -2.19. The van der Waals surface area contributed by atoms with E-state index < -0.39 is 0 Å². The number of aromatic nitrogens is 2. The van der Waals surface area contributed by atoms with Crippen LogP contribution in [0.3, 0.4) is 0 Å². The summed E-state index contributed by atoms with van der Waals surface area (Å²) in [5, 5.41) is 3.57. The van der Waals surface area contributed by atoms with Crippen LogP contribution in [0.25, 0.3) is 0 Å². The molecule has 1 N–H and O–H groups in total. The summed E-state index contributed by atoms with van der Waals surface area (Å²) in [5.41, 5.74) is 2.30. The average molecular weight is 399 g/mol. The number of pyridine rings is 2. The molecule has 20 heavy (non-hydrogen) atoms. The number of halogens is 2. The zero-order chi connectivity index (χ0) is 14.4. The normalized spacial score (nSPS) is 12.3. The fourth-order valence-electron chi connectivity index (χ4n) is 2.02. The predicted molar refractivity (Wildman–Crippen MR) is 88.6 cm³/mol. The van der Waals surface area contributed by atoms with Crippen molar-refractivity contribution in [3.63, 3.8) is 0 Å². The van der Waals surface area contributed by atoms with Crippen LogP contribution in [0.2, 0.25) is 0 Å². The molecule has 0 aromatic carbocycles. The maximum Gasteiger partial charge on any atom is 0.0719 e. The maximum atomic E-state index is 4.56. The molecule has 2 heterocycles. The first-order chi connectivity index (χ1) is 9.70. The van der Waals surface area contributed by atoms with E-state index in [1.54, 1.807) is 0 Å². The zero-order valence-corrected chi connectivity index (χ0v) is 14.5. The Balaban J connectivity index is 2.22. The highest BCUT2D eigenvalue weighted by Gasteiger charge is 2.16. The Kier molecular flexibility index (Phi) is 6.13. The standard InChI is InChI=1S/C15H17Br2N3/c1-2-5-19-14(8-11-3-6-18-7-4-11)15-13(17)9-12(16)10-20-15/h3-4,6-7,9-10,14,19H,2,5,8H2,1H3. The fourth-order valence-corrected chi connectivity index (χ4v) is 3.28. The molecule has 1 unspecified atom stereocenters. The third-order valence-electron chi connectivity index (χ3n) is 3.00. The number of nitrogens with one attached hydrogen (secondary N) is 1. The van der Waals surface area contributed by atoms with Crippen molar-refractivity contribution >= 4 is 31.9 Å². The molecule has 3 nitrogen and oxygen atoms in total. The molecule has 106 valence electrons. The van der Waals surface area contributed by atoms with E-state index in [0.717, 1.165) is 34.0 Å². The summed E-state index contributed by atoms with van der Waals surface area (Å²) >= 11 is 7.05. The maximum absolute atomic E-state index is 4.56. The molecule has 0 aliphatic heterocycles. The van der Waals surface area contributed by atoms with E-state index in [2.05, 4.69) is 54.1 Å². The third kappa shape index (κ3) is 4.36. The molecule has 0 amide bonds. The summed E-state index contributed by atoms with van der Waals surface area (Å²) in [6, 6.07) is 6.33. The quantitative estimate of drug-likeness (QED) is 0.788. The first-order valence-corrected chi connectivity index (χ1v) is 8.22. The fraction of sp³-hybridized carbons (Fsp3) is 0.333. The van der Waals surface area contributed by atoms with E-state index in [4.69, 9.17) is 0 Å². The van der Waals surface area contributed by atoms with Crippen LogP contribution in [0.5, 0.6) is 0 Å². The Morgan fingerprint density at radius 2 is 2.00 bits per heavy atom. The van der Waals surface area contributed by atoms with Crippen molar-refractivity contribution in [2.45, 2.75) is 25.8 Å². The van der Waals surface area contributed by atoms with Crippen LogP contribution < -0.4 is 5.32 Å². The summed E-state index contributed by atoms with van der Waals surface area (Å²) < 4.78 is 2.00. The Labute approximate surface area is 136 Å². The van der Waals surface area contributed by atoms with Gasteiger partial charge in [-0.15, -0.1) is 0 Å². The van der Waals surface area contributed by atoms with Gasteiger partial charge in [0.1, 0.15) is 0 Å². The first kappa shape index (κ1) is 15.6. The molecule has 0 aliphatic carbocycles. The second-order valence-corrected chi connectivity index (χ2v) is 6.36. The topological polar surface area (TPSA) is 37.8 Å². The third-order valence-corrected chi connectivity index (χ3v) is 4.07. The van der Waals surface area contributed by atoms with Gasteiger partial charge >= 0.3 is 0 Å². The van der Waals surface area contributed by atoms with Gasteiger partial charge in [0.25, 0.3) is 0 Å². The smallest absolute Gasteiger partial charge is 0.0719 e. The highest BCUT2D eigenvalue weighted by molar-refractivity contribution is 9.11. The van der Waals surface area contributed by atoms with Crippen molar-refractivity contribution in [3.05, 3.63) is 57.0 Å². The highest BCUT2D eigenvalue weighted by atomic mass is 79.9. The van der Waals surface area contributed by atoms with Crippen molar-refractivity contribution in [1.82, 2.24) is 15.3 Å². The summed E-state index contributed by atoms with van der Waals surface area (Å²) in [7, 11) is 0. The second kappa shape index (κ2) is 7.86. The van der Waals surface area contributed by atoms with Gasteiger partial charge in [-0.05, 0) is 75.0 Å². The molecular weight excluding hydrogens is 382 g/mol. The van der Waals surface area contributed by atoms with Gasteiger partial charge < -0.3 is 5.32 Å². The van der Waals surface area contributed by atoms with E-state index >= 15 is 0 Å². The average Bonchev–Trinajstić information content (AvgIpc) is 2.45. The number of rotatable bonds is 6. The molecule has 5 heteroatoms. The Morgan fingerprint density at radius 3 is 2.65 bits per heavy atom. The van der Waals surface area contributed by atoms with Gasteiger partial charge in [-0.25, -0.2) is 0 Å². The van der Waals surface area contributed by atoms with Crippen molar-refractivity contribution < 1.29 is 0 Å². The lowest BCUT2D eigenvalue weighted by Crippen LogP contribution is -2.25.